The number of rotatable bonds is 7. The van der Waals surface area contributed by atoms with E-state index in [9.17, 15) is 0 Å². The molecular weight excluding hydrogens is 260 g/mol. The van der Waals surface area contributed by atoms with Crippen LogP contribution in [0.3, 0.4) is 0 Å². The molecule has 0 aromatic rings. The molecule has 0 amide bonds. The SMILES string of the molecule is CCNC1CCC(C(C)C)CC1CN1CCC(COC)C1. The molecule has 1 N–H and O–H groups in total. The fourth-order valence-electron chi connectivity index (χ4n) is 4.42. The number of likely N-dealkylation sites (tertiary alicyclic amines) is 1. The van der Waals surface area contributed by atoms with Gasteiger partial charge in [0.1, 0.15) is 0 Å². The molecule has 1 aliphatic carbocycles. The Morgan fingerprint density at radius 1 is 1.24 bits per heavy atom. The number of ether oxygens (including phenoxy) is 1. The van der Waals surface area contributed by atoms with Gasteiger partial charge in [-0.05, 0) is 62.4 Å². The van der Waals surface area contributed by atoms with Gasteiger partial charge < -0.3 is 15.0 Å². The van der Waals surface area contributed by atoms with Crippen LogP contribution in [0.2, 0.25) is 0 Å². The Hall–Kier alpha value is -0.120. The zero-order valence-corrected chi connectivity index (χ0v) is 14.6. The molecule has 3 heteroatoms. The summed E-state index contributed by atoms with van der Waals surface area (Å²) in [5.74, 6) is 3.38. The van der Waals surface area contributed by atoms with E-state index in [4.69, 9.17) is 4.74 Å². The summed E-state index contributed by atoms with van der Waals surface area (Å²) >= 11 is 0. The van der Waals surface area contributed by atoms with Gasteiger partial charge in [0.05, 0.1) is 6.61 Å². The predicted molar refractivity (Wildman–Crippen MR) is 89.6 cm³/mol. The summed E-state index contributed by atoms with van der Waals surface area (Å²) in [5.41, 5.74) is 0. The summed E-state index contributed by atoms with van der Waals surface area (Å²) in [5, 5.41) is 3.75. The van der Waals surface area contributed by atoms with Crippen LogP contribution in [-0.2, 0) is 4.74 Å². The van der Waals surface area contributed by atoms with Crippen molar-refractivity contribution in [2.75, 3.05) is 39.9 Å². The largest absolute Gasteiger partial charge is 0.384 e. The average molecular weight is 296 g/mol. The summed E-state index contributed by atoms with van der Waals surface area (Å²) in [6.45, 7) is 12.9. The van der Waals surface area contributed by atoms with Gasteiger partial charge >= 0.3 is 0 Å². The maximum Gasteiger partial charge on any atom is 0.0503 e. The van der Waals surface area contributed by atoms with Crippen LogP contribution in [0.25, 0.3) is 0 Å². The molecule has 0 bridgehead atoms. The Morgan fingerprint density at radius 3 is 2.71 bits per heavy atom. The van der Waals surface area contributed by atoms with Crippen molar-refractivity contribution in [1.29, 1.82) is 0 Å². The monoisotopic (exact) mass is 296 g/mol. The third-order valence-corrected chi connectivity index (χ3v) is 5.70. The van der Waals surface area contributed by atoms with E-state index in [2.05, 4.69) is 31.0 Å². The molecule has 1 heterocycles. The summed E-state index contributed by atoms with van der Waals surface area (Å²) in [6, 6.07) is 0.742. The Kier molecular flexibility index (Phi) is 6.97. The highest BCUT2D eigenvalue weighted by atomic mass is 16.5. The second-order valence-electron chi connectivity index (χ2n) is 7.61. The van der Waals surface area contributed by atoms with E-state index < -0.39 is 0 Å². The minimum absolute atomic E-state index is 0.742. The molecular formula is C18H36N2O. The Morgan fingerprint density at radius 2 is 2.05 bits per heavy atom. The van der Waals surface area contributed by atoms with Gasteiger partial charge in [-0.2, -0.15) is 0 Å². The van der Waals surface area contributed by atoms with Gasteiger partial charge in [-0.3, -0.25) is 0 Å². The average Bonchev–Trinajstić information content (AvgIpc) is 2.88. The molecule has 124 valence electrons. The minimum Gasteiger partial charge on any atom is -0.384 e. The lowest BCUT2D eigenvalue weighted by molar-refractivity contribution is 0.122. The van der Waals surface area contributed by atoms with E-state index in [1.54, 1.807) is 0 Å². The first kappa shape index (κ1) is 17.2. The van der Waals surface area contributed by atoms with Crippen LogP contribution < -0.4 is 5.32 Å². The normalized spacial score (nSPS) is 34.7. The third kappa shape index (κ3) is 4.94. The van der Waals surface area contributed by atoms with Gasteiger partial charge in [0.2, 0.25) is 0 Å². The number of methoxy groups -OCH3 is 1. The Labute approximate surface area is 131 Å². The van der Waals surface area contributed by atoms with Gasteiger partial charge in [-0.25, -0.2) is 0 Å². The first-order valence-electron chi connectivity index (χ1n) is 9.08. The van der Waals surface area contributed by atoms with E-state index in [1.165, 1.54) is 45.3 Å². The van der Waals surface area contributed by atoms with Gasteiger partial charge in [-0.15, -0.1) is 0 Å². The molecule has 1 saturated carbocycles. The van der Waals surface area contributed by atoms with Crippen LogP contribution >= 0.6 is 0 Å². The molecule has 3 nitrogen and oxygen atoms in total. The maximum absolute atomic E-state index is 5.33. The standard InChI is InChI=1S/C18H36N2O/c1-5-19-18-7-6-16(14(2)3)10-17(18)12-20-9-8-15(11-20)13-21-4/h14-19H,5-13H2,1-4H3. The number of nitrogens with one attached hydrogen (secondary N) is 1. The first-order chi connectivity index (χ1) is 10.1. The fraction of sp³-hybridized carbons (Fsp3) is 1.00. The van der Waals surface area contributed by atoms with Gasteiger partial charge in [-0.1, -0.05) is 20.8 Å². The van der Waals surface area contributed by atoms with Crippen LogP contribution in [0.4, 0.5) is 0 Å². The van der Waals surface area contributed by atoms with Crippen molar-refractivity contribution in [3.8, 4) is 0 Å². The van der Waals surface area contributed by atoms with Gasteiger partial charge in [0.25, 0.3) is 0 Å². The molecule has 1 aliphatic heterocycles. The lowest BCUT2D eigenvalue weighted by Crippen LogP contribution is -2.46. The third-order valence-electron chi connectivity index (χ3n) is 5.70. The highest BCUT2D eigenvalue weighted by Crippen LogP contribution is 2.35. The summed E-state index contributed by atoms with van der Waals surface area (Å²) in [4.78, 5) is 2.70. The molecule has 0 radical (unpaired) electrons. The van der Waals surface area contributed by atoms with E-state index in [1.807, 2.05) is 7.11 Å². The van der Waals surface area contributed by atoms with Crippen molar-refractivity contribution < 1.29 is 4.74 Å². The number of hydrogen-bond donors (Lipinski definition) is 1. The van der Waals surface area contributed by atoms with Crippen molar-refractivity contribution in [1.82, 2.24) is 10.2 Å². The molecule has 2 rings (SSSR count). The minimum atomic E-state index is 0.742. The van der Waals surface area contributed by atoms with Gasteiger partial charge in [0.15, 0.2) is 0 Å². The molecule has 0 aromatic carbocycles. The van der Waals surface area contributed by atoms with Crippen LogP contribution in [0, 0.1) is 23.7 Å². The van der Waals surface area contributed by atoms with E-state index in [-0.39, 0.29) is 0 Å². The lowest BCUT2D eigenvalue weighted by atomic mass is 9.73. The molecule has 0 spiro atoms. The summed E-state index contributed by atoms with van der Waals surface area (Å²) < 4.78 is 5.33. The summed E-state index contributed by atoms with van der Waals surface area (Å²) in [7, 11) is 1.83. The second-order valence-corrected chi connectivity index (χ2v) is 7.61. The fourth-order valence-corrected chi connectivity index (χ4v) is 4.42. The predicted octanol–water partition coefficient (Wildman–Crippen LogP) is 3.01. The van der Waals surface area contributed by atoms with Crippen molar-refractivity contribution >= 4 is 0 Å². The van der Waals surface area contributed by atoms with E-state index in [0.29, 0.717) is 0 Å². The molecule has 4 atom stereocenters. The highest BCUT2D eigenvalue weighted by molar-refractivity contribution is 4.89. The lowest BCUT2D eigenvalue weighted by Gasteiger charge is -2.40. The summed E-state index contributed by atoms with van der Waals surface area (Å²) in [6.07, 6.45) is 5.52. The number of nitrogens with zero attached hydrogens (tertiary/aromatic N) is 1. The molecule has 1 saturated heterocycles. The highest BCUT2D eigenvalue weighted by Gasteiger charge is 2.34. The molecule has 2 fully saturated rings. The zero-order valence-electron chi connectivity index (χ0n) is 14.6. The second kappa shape index (κ2) is 8.50. The van der Waals surface area contributed by atoms with Crippen molar-refractivity contribution in [3.63, 3.8) is 0 Å². The van der Waals surface area contributed by atoms with Crippen LogP contribution in [0.1, 0.15) is 46.5 Å². The number of hydrogen-bond acceptors (Lipinski definition) is 3. The Balaban J connectivity index is 1.87. The van der Waals surface area contributed by atoms with Crippen LogP contribution in [-0.4, -0.2) is 50.8 Å². The van der Waals surface area contributed by atoms with E-state index in [0.717, 1.165) is 42.9 Å². The van der Waals surface area contributed by atoms with E-state index >= 15 is 0 Å². The van der Waals surface area contributed by atoms with Crippen LogP contribution in [0.15, 0.2) is 0 Å². The topological polar surface area (TPSA) is 24.5 Å². The molecule has 4 unspecified atom stereocenters. The van der Waals surface area contributed by atoms with Crippen molar-refractivity contribution in [3.05, 3.63) is 0 Å². The Bertz CT molecular complexity index is 295. The van der Waals surface area contributed by atoms with Gasteiger partial charge in [0, 0.05) is 26.2 Å². The quantitative estimate of drug-likeness (QED) is 0.781. The zero-order chi connectivity index (χ0) is 15.2. The van der Waals surface area contributed by atoms with Crippen molar-refractivity contribution in [2.45, 2.75) is 52.5 Å². The molecule has 2 aliphatic rings. The maximum atomic E-state index is 5.33. The molecule has 0 aromatic heterocycles. The van der Waals surface area contributed by atoms with Crippen LogP contribution in [0.5, 0.6) is 0 Å². The molecule has 21 heavy (non-hydrogen) atoms. The van der Waals surface area contributed by atoms with Crippen molar-refractivity contribution in [2.24, 2.45) is 23.7 Å². The first-order valence-corrected chi connectivity index (χ1v) is 9.08. The smallest absolute Gasteiger partial charge is 0.0503 e.